The smallest absolute Gasteiger partial charge is 0.225 e. The van der Waals surface area contributed by atoms with Crippen molar-refractivity contribution in [2.24, 2.45) is 5.92 Å². The minimum Gasteiger partial charge on any atom is -0.383 e. The number of likely N-dealkylation sites (tertiary alicyclic amines) is 1. The lowest BCUT2D eigenvalue weighted by atomic mass is 9.75. The lowest BCUT2D eigenvalue weighted by molar-refractivity contribution is -0.185. The van der Waals surface area contributed by atoms with E-state index in [1.807, 2.05) is 23.1 Å². The lowest BCUT2D eigenvalue weighted by Gasteiger charge is -2.49. The summed E-state index contributed by atoms with van der Waals surface area (Å²) < 4.78 is 6.15. The topological polar surface area (TPSA) is 62.7 Å². The number of ether oxygens (including phenoxy) is 1. The maximum Gasteiger partial charge on any atom is 0.225 e. The Labute approximate surface area is 149 Å². The third-order valence-electron chi connectivity index (χ3n) is 6.37. The number of amides is 1. The molecule has 4 rings (SSSR count). The first-order chi connectivity index (χ1) is 12.1. The molecule has 136 valence electrons. The van der Waals surface area contributed by atoms with E-state index < -0.39 is 5.60 Å². The van der Waals surface area contributed by atoms with Crippen LogP contribution >= 0.6 is 0 Å². The van der Waals surface area contributed by atoms with Gasteiger partial charge in [-0.05, 0) is 37.8 Å². The Bertz CT molecular complexity index is 607. The van der Waals surface area contributed by atoms with Gasteiger partial charge in [-0.15, -0.1) is 0 Å². The van der Waals surface area contributed by atoms with Gasteiger partial charge in [-0.2, -0.15) is 0 Å². The molecule has 1 atom stereocenters. The van der Waals surface area contributed by atoms with Gasteiger partial charge in [0.25, 0.3) is 0 Å². The highest BCUT2D eigenvalue weighted by atomic mass is 16.5. The summed E-state index contributed by atoms with van der Waals surface area (Å²) in [5, 5.41) is 11.2. The molecule has 0 aromatic carbocycles. The first-order valence-corrected chi connectivity index (χ1v) is 9.67. The molecule has 0 bridgehead atoms. The van der Waals surface area contributed by atoms with Crippen molar-refractivity contribution in [3.63, 3.8) is 0 Å². The Hall–Kier alpha value is -1.46. The fourth-order valence-electron chi connectivity index (χ4n) is 4.85. The summed E-state index contributed by atoms with van der Waals surface area (Å²) in [5.41, 5.74) is -0.504. The molecule has 2 saturated heterocycles. The van der Waals surface area contributed by atoms with Gasteiger partial charge in [0.05, 0.1) is 17.9 Å². The Morgan fingerprint density at radius 2 is 1.96 bits per heavy atom. The van der Waals surface area contributed by atoms with Crippen LogP contribution in [-0.4, -0.2) is 46.2 Å². The molecule has 1 unspecified atom stereocenters. The van der Waals surface area contributed by atoms with Crippen molar-refractivity contribution in [1.29, 1.82) is 0 Å². The third kappa shape index (κ3) is 3.32. The Kier molecular flexibility index (Phi) is 4.54. The molecule has 1 aromatic rings. The van der Waals surface area contributed by atoms with E-state index >= 15 is 0 Å². The lowest BCUT2D eigenvalue weighted by Crippen LogP contribution is -2.55. The molecule has 5 heteroatoms. The van der Waals surface area contributed by atoms with Crippen molar-refractivity contribution in [3.8, 4) is 0 Å². The first-order valence-electron chi connectivity index (χ1n) is 9.67. The normalized spacial score (nSPS) is 29.9. The van der Waals surface area contributed by atoms with Crippen molar-refractivity contribution >= 4 is 5.91 Å². The van der Waals surface area contributed by atoms with Crippen LogP contribution in [0.3, 0.4) is 0 Å². The van der Waals surface area contributed by atoms with Crippen LogP contribution in [0.15, 0.2) is 24.4 Å². The summed E-state index contributed by atoms with van der Waals surface area (Å²) in [6, 6.07) is 5.69. The predicted octanol–water partition coefficient (Wildman–Crippen LogP) is 2.63. The molecule has 25 heavy (non-hydrogen) atoms. The summed E-state index contributed by atoms with van der Waals surface area (Å²) in [5.74, 6) is 0.579. The summed E-state index contributed by atoms with van der Waals surface area (Å²) >= 11 is 0. The number of carbonyl (C=O) groups excluding carboxylic acids is 1. The molecular formula is C20H28N2O3. The van der Waals surface area contributed by atoms with Gasteiger partial charge in [0.1, 0.15) is 5.60 Å². The number of rotatable bonds is 2. The van der Waals surface area contributed by atoms with Crippen molar-refractivity contribution in [2.75, 3.05) is 19.7 Å². The maximum atomic E-state index is 12.6. The van der Waals surface area contributed by atoms with E-state index in [0.717, 1.165) is 44.5 Å². The fraction of sp³-hybridized carbons (Fsp3) is 0.700. The summed E-state index contributed by atoms with van der Waals surface area (Å²) in [7, 11) is 0. The molecule has 1 aliphatic carbocycles. The van der Waals surface area contributed by atoms with Gasteiger partial charge in [0.15, 0.2) is 0 Å². The van der Waals surface area contributed by atoms with E-state index in [4.69, 9.17) is 4.74 Å². The number of aromatic nitrogens is 1. The van der Waals surface area contributed by atoms with Gasteiger partial charge in [-0.3, -0.25) is 9.78 Å². The van der Waals surface area contributed by atoms with Crippen molar-refractivity contribution in [2.45, 2.75) is 62.6 Å². The molecule has 3 aliphatic rings. The van der Waals surface area contributed by atoms with E-state index in [1.54, 1.807) is 6.20 Å². The van der Waals surface area contributed by atoms with Crippen LogP contribution in [0.1, 0.15) is 57.1 Å². The van der Waals surface area contributed by atoms with Crippen molar-refractivity contribution in [3.05, 3.63) is 30.1 Å². The summed E-state index contributed by atoms with van der Waals surface area (Å²) in [6.45, 7) is 2.03. The monoisotopic (exact) mass is 344 g/mol. The zero-order valence-electron chi connectivity index (χ0n) is 14.8. The molecule has 3 fully saturated rings. The SMILES string of the molecule is O=C(C1CCCC1)N1CCC2(CC1)CC(O)(c1ccccn1)CCO2. The number of aliphatic hydroxyl groups is 1. The second-order valence-corrected chi connectivity index (χ2v) is 8.01. The van der Waals surface area contributed by atoms with Crippen LogP contribution in [0.25, 0.3) is 0 Å². The second-order valence-electron chi connectivity index (χ2n) is 8.01. The minimum absolute atomic E-state index is 0.242. The quantitative estimate of drug-likeness (QED) is 0.896. The molecule has 2 aliphatic heterocycles. The van der Waals surface area contributed by atoms with E-state index in [9.17, 15) is 9.90 Å². The van der Waals surface area contributed by atoms with Crippen LogP contribution in [0.2, 0.25) is 0 Å². The van der Waals surface area contributed by atoms with E-state index in [1.165, 1.54) is 12.8 Å². The minimum atomic E-state index is -0.920. The standard InChI is InChI=1S/C20H28N2O3/c23-18(16-5-1-2-6-16)22-12-8-19(9-13-22)15-20(24,10-14-25-19)17-7-3-4-11-21-17/h3-4,7,11,16,24H,1-2,5-6,8-10,12-15H2. The average molecular weight is 344 g/mol. The van der Waals surface area contributed by atoms with Gasteiger partial charge in [-0.1, -0.05) is 18.9 Å². The highest BCUT2D eigenvalue weighted by molar-refractivity contribution is 5.79. The fourth-order valence-corrected chi connectivity index (χ4v) is 4.85. The number of nitrogens with zero attached hydrogens (tertiary/aromatic N) is 2. The highest BCUT2D eigenvalue weighted by Crippen LogP contribution is 2.44. The Morgan fingerprint density at radius 3 is 2.64 bits per heavy atom. The maximum absolute atomic E-state index is 12.6. The molecule has 1 aromatic heterocycles. The van der Waals surface area contributed by atoms with Crippen LogP contribution in [0.4, 0.5) is 0 Å². The second kappa shape index (κ2) is 6.69. The van der Waals surface area contributed by atoms with Crippen LogP contribution in [-0.2, 0) is 15.1 Å². The third-order valence-corrected chi connectivity index (χ3v) is 6.37. The van der Waals surface area contributed by atoms with E-state index in [-0.39, 0.29) is 11.5 Å². The van der Waals surface area contributed by atoms with Crippen LogP contribution < -0.4 is 0 Å². The largest absolute Gasteiger partial charge is 0.383 e. The number of hydrogen-bond donors (Lipinski definition) is 1. The van der Waals surface area contributed by atoms with Gasteiger partial charge < -0.3 is 14.7 Å². The van der Waals surface area contributed by atoms with E-state index in [2.05, 4.69) is 4.98 Å². The van der Waals surface area contributed by atoms with Crippen LogP contribution in [0, 0.1) is 5.92 Å². The Morgan fingerprint density at radius 1 is 1.20 bits per heavy atom. The van der Waals surface area contributed by atoms with E-state index in [0.29, 0.717) is 25.4 Å². The van der Waals surface area contributed by atoms with Crippen LogP contribution in [0.5, 0.6) is 0 Å². The first kappa shape index (κ1) is 17.0. The average Bonchev–Trinajstić information content (AvgIpc) is 3.17. The number of piperidine rings is 1. The molecular weight excluding hydrogens is 316 g/mol. The zero-order valence-corrected chi connectivity index (χ0v) is 14.8. The number of pyridine rings is 1. The molecule has 1 spiro atoms. The number of hydrogen-bond acceptors (Lipinski definition) is 4. The van der Waals surface area contributed by atoms with Gasteiger partial charge in [0.2, 0.25) is 5.91 Å². The van der Waals surface area contributed by atoms with Crippen molar-refractivity contribution in [1.82, 2.24) is 9.88 Å². The Balaban J connectivity index is 1.42. The molecule has 1 N–H and O–H groups in total. The van der Waals surface area contributed by atoms with Gasteiger partial charge in [0, 0.05) is 38.0 Å². The predicted molar refractivity (Wildman–Crippen MR) is 93.8 cm³/mol. The molecule has 1 amide bonds. The molecule has 1 saturated carbocycles. The summed E-state index contributed by atoms with van der Waals surface area (Å²) in [4.78, 5) is 19.1. The molecule has 0 radical (unpaired) electrons. The number of carbonyl (C=O) groups is 1. The molecule has 5 nitrogen and oxygen atoms in total. The molecule has 3 heterocycles. The van der Waals surface area contributed by atoms with Gasteiger partial charge >= 0.3 is 0 Å². The van der Waals surface area contributed by atoms with Crippen molar-refractivity contribution < 1.29 is 14.6 Å². The highest BCUT2D eigenvalue weighted by Gasteiger charge is 2.48. The summed E-state index contributed by atoms with van der Waals surface area (Å²) in [6.07, 6.45) is 8.98. The van der Waals surface area contributed by atoms with Gasteiger partial charge in [-0.25, -0.2) is 0 Å². The zero-order chi connectivity index (χ0) is 17.3.